The Morgan fingerprint density at radius 2 is 1.59 bits per heavy atom. The van der Waals surface area contributed by atoms with Gasteiger partial charge < -0.3 is 14.5 Å². The largest absolute Gasteiger partial charge is 0.493 e. The predicted molar refractivity (Wildman–Crippen MR) is 108 cm³/mol. The lowest BCUT2D eigenvalue weighted by Crippen LogP contribution is -3.27. The Morgan fingerprint density at radius 3 is 2.33 bits per heavy atom. The Kier molecular flexibility index (Phi) is 7.43. The van der Waals surface area contributed by atoms with Crippen LogP contribution in [0.5, 0.6) is 5.75 Å². The van der Waals surface area contributed by atoms with Crippen molar-refractivity contribution in [1.82, 2.24) is 0 Å². The summed E-state index contributed by atoms with van der Waals surface area (Å²) >= 11 is 0. The highest BCUT2D eigenvalue weighted by atomic mass is 16.5. The molecule has 1 heterocycles. The average Bonchev–Trinajstić information content (AvgIpc) is 2.73. The van der Waals surface area contributed by atoms with Gasteiger partial charge in [-0.1, -0.05) is 49.4 Å². The summed E-state index contributed by atoms with van der Waals surface area (Å²) < 4.78 is 5.91. The van der Waals surface area contributed by atoms with E-state index >= 15 is 0 Å². The molecule has 0 amide bonds. The fourth-order valence-electron chi connectivity index (χ4n) is 3.79. The number of quaternary nitrogens is 2. The second-order valence-corrected chi connectivity index (χ2v) is 7.39. The van der Waals surface area contributed by atoms with E-state index in [0.29, 0.717) is 18.6 Å². The number of ether oxygens (including phenoxy) is 1. The minimum Gasteiger partial charge on any atom is -0.493 e. The first-order chi connectivity index (χ1) is 13.3. The molecular weight excluding hydrogens is 336 g/mol. The molecule has 0 radical (unpaired) electrons. The second-order valence-electron chi connectivity index (χ2n) is 7.39. The summed E-state index contributed by atoms with van der Waals surface area (Å²) in [6.45, 7) is 9.78. The Bertz CT molecular complexity index is 709. The lowest BCUT2D eigenvalue weighted by atomic mass is 10.1. The number of piperazine rings is 1. The summed E-state index contributed by atoms with van der Waals surface area (Å²) in [6.07, 6.45) is 1.54. The number of hydrogen-bond donors (Lipinski definition) is 2. The first kappa shape index (κ1) is 19.6. The van der Waals surface area contributed by atoms with Crippen molar-refractivity contribution in [2.45, 2.75) is 26.3 Å². The van der Waals surface area contributed by atoms with Gasteiger partial charge in [0.1, 0.15) is 38.5 Å². The van der Waals surface area contributed by atoms with Crippen LogP contribution in [0.15, 0.2) is 54.6 Å². The van der Waals surface area contributed by atoms with Crippen molar-refractivity contribution < 1.29 is 19.3 Å². The van der Waals surface area contributed by atoms with Crippen LogP contribution in [0.4, 0.5) is 0 Å². The van der Waals surface area contributed by atoms with Gasteiger partial charge in [0.2, 0.25) is 0 Å². The molecule has 4 heteroatoms. The first-order valence-electron chi connectivity index (χ1n) is 10.2. The van der Waals surface area contributed by atoms with Crippen LogP contribution in [0, 0.1) is 0 Å². The highest BCUT2D eigenvalue weighted by molar-refractivity contribution is 5.98. The summed E-state index contributed by atoms with van der Waals surface area (Å²) in [7, 11) is 0. The van der Waals surface area contributed by atoms with Crippen LogP contribution in [0.2, 0.25) is 0 Å². The molecule has 0 saturated carbocycles. The van der Waals surface area contributed by atoms with Crippen LogP contribution in [0.25, 0.3) is 0 Å². The molecule has 0 bridgehead atoms. The summed E-state index contributed by atoms with van der Waals surface area (Å²) in [5.74, 6) is 0.880. The van der Waals surface area contributed by atoms with Crippen molar-refractivity contribution in [3.8, 4) is 5.75 Å². The number of ketones is 1. The molecule has 4 nitrogen and oxygen atoms in total. The third-order valence-corrected chi connectivity index (χ3v) is 5.40. The van der Waals surface area contributed by atoms with Crippen LogP contribution in [-0.2, 0) is 6.54 Å². The summed E-state index contributed by atoms with van der Waals surface area (Å²) in [5.41, 5.74) is 2.15. The SMILES string of the molecule is CCC(=O)c1ccccc1OCCC[NH+]1CC[NH+](Cc2ccccc2)CC1. The summed E-state index contributed by atoms with van der Waals surface area (Å²) in [4.78, 5) is 15.4. The van der Waals surface area contributed by atoms with Gasteiger partial charge in [-0.15, -0.1) is 0 Å². The molecule has 0 aliphatic carbocycles. The third kappa shape index (κ3) is 5.91. The van der Waals surface area contributed by atoms with E-state index in [1.54, 1.807) is 9.80 Å². The maximum absolute atomic E-state index is 12.0. The third-order valence-electron chi connectivity index (χ3n) is 5.40. The molecule has 1 aliphatic rings. The highest BCUT2D eigenvalue weighted by Gasteiger charge is 2.22. The molecular formula is C23H32N2O2+2. The standard InChI is InChI=1S/C23H30N2O2/c1-2-22(26)21-11-6-7-12-23(21)27-18-8-13-24-14-16-25(17-15-24)19-20-9-4-3-5-10-20/h3-7,9-12H,2,8,13-19H2,1H3/p+2. The van der Waals surface area contributed by atoms with Gasteiger partial charge in [-0.05, 0) is 12.1 Å². The van der Waals surface area contributed by atoms with Gasteiger partial charge in [0.05, 0.1) is 18.7 Å². The normalized spacial score (nSPS) is 19.6. The van der Waals surface area contributed by atoms with Gasteiger partial charge in [0.25, 0.3) is 0 Å². The Morgan fingerprint density at radius 1 is 0.926 bits per heavy atom. The number of Topliss-reactive ketones (excluding diaryl/α,β-unsaturated/α-hetero) is 1. The summed E-state index contributed by atoms with van der Waals surface area (Å²) in [6, 6.07) is 18.4. The van der Waals surface area contributed by atoms with Crippen LogP contribution in [0.1, 0.15) is 35.7 Å². The van der Waals surface area contributed by atoms with E-state index in [4.69, 9.17) is 4.74 Å². The molecule has 1 saturated heterocycles. The topological polar surface area (TPSA) is 35.2 Å². The van der Waals surface area contributed by atoms with Gasteiger partial charge in [-0.25, -0.2) is 0 Å². The molecule has 0 spiro atoms. The number of rotatable bonds is 9. The van der Waals surface area contributed by atoms with Crippen molar-refractivity contribution in [3.63, 3.8) is 0 Å². The minimum absolute atomic E-state index is 0.147. The Labute approximate surface area is 162 Å². The number of hydrogen-bond acceptors (Lipinski definition) is 2. The molecule has 1 fully saturated rings. The molecule has 3 rings (SSSR count). The molecule has 144 valence electrons. The van der Waals surface area contributed by atoms with Crippen LogP contribution >= 0.6 is 0 Å². The number of nitrogens with one attached hydrogen (secondary N) is 2. The lowest BCUT2D eigenvalue weighted by molar-refractivity contribution is -1.02. The molecule has 0 unspecified atom stereocenters. The van der Waals surface area contributed by atoms with Gasteiger partial charge in [0.15, 0.2) is 5.78 Å². The van der Waals surface area contributed by atoms with Crippen LogP contribution < -0.4 is 14.5 Å². The Hall–Kier alpha value is -2.17. The van der Waals surface area contributed by atoms with Gasteiger partial charge in [-0.3, -0.25) is 4.79 Å². The molecule has 2 aromatic carbocycles. The molecule has 1 aliphatic heterocycles. The van der Waals surface area contributed by atoms with E-state index in [1.165, 1.54) is 31.7 Å². The van der Waals surface area contributed by atoms with Gasteiger partial charge in [-0.2, -0.15) is 0 Å². The van der Waals surface area contributed by atoms with Crippen molar-refractivity contribution in [3.05, 3.63) is 65.7 Å². The van der Waals surface area contributed by atoms with Crippen molar-refractivity contribution in [2.24, 2.45) is 0 Å². The Balaban J connectivity index is 1.36. The van der Waals surface area contributed by atoms with Gasteiger partial charge in [0, 0.05) is 18.4 Å². The molecule has 0 atom stereocenters. The minimum atomic E-state index is 0.147. The number of carbonyl (C=O) groups is 1. The second kappa shape index (κ2) is 10.2. The van der Waals surface area contributed by atoms with E-state index in [-0.39, 0.29) is 5.78 Å². The van der Waals surface area contributed by atoms with Crippen molar-refractivity contribution in [2.75, 3.05) is 39.3 Å². The quantitative estimate of drug-likeness (QED) is 0.512. The molecule has 27 heavy (non-hydrogen) atoms. The summed E-state index contributed by atoms with van der Waals surface area (Å²) in [5, 5.41) is 0. The highest BCUT2D eigenvalue weighted by Crippen LogP contribution is 2.19. The van der Waals surface area contributed by atoms with E-state index in [1.807, 2.05) is 31.2 Å². The fourth-order valence-corrected chi connectivity index (χ4v) is 3.79. The molecule has 2 aromatic rings. The smallest absolute Gasteiger partial charge is 0.166 e. The zero-order chi connectivity index (χ0) is 18.9. The lowest BCUT2D eigenvalue weighted by Gasteiger charge is -2.29. The monoisotopic (exact) mass is 368 g/mol. The van der Waals surface area contributed by atoms with Crippen molar-refractivity contribution >= 4 is 5.78 Å². The fraction of sp³-hybridized carbons (Fsp3) is 0.435. The predicted octanol–water partition coefficient (Wildman–Crippen LogP) is 1.03. The van der Waals surface area contributed by atoms with Gasteiger partial charge >= 0.3 is 0 Å². The van der Waals surface area contributed by atoms with E-state index in [2.05, 4.69) is 30.3 Å². The maximum Gasteiger partial charge on any atom is 0.166 e. The van der Waals surface area contributed by atoms with E-state index in [0.717, 1.165) is 25.3 Å². The van der Waals surface area contributed by atoms with Crippen LogP contribution in [-0.4, -0.2) is 45.1 Å². The van der Waals surface area contributed by atoms with Crippen molar-refractivity contribution in [1.29, 1.82) is 0 Å². The van der Waals surface area contributed by atoms with E-state index < -0.39 is 0 Å². The molecule has 0 aromatic heterocycles. The first-order valence-corrected chi connectivity index (χ1v) is 10.2. The number of carbonyl (C=O) groups excluding carboxylic acids is 1. The number of para-hydroxylation sites is 1. The zero-order valence-corrected chi connectivity index (χ0v) is 16.4. The average molecular weight is 369 g/mol. The maximum atomic E-state index is 12.0. The zero-order valence-electron chi connectivity index (χ0n) is 16.4. The van der Waals surface area contributed by atoms with E-state index in [9.17, 15) is 4.79 Å². The number of benzene rings is 2. The van der Waals surface area contributed by atoms with Crippen LogP contribution in [0.3, 0.4) is 0 Å². The molecule has 2 N–H and O–H groups in total.